The van der Waals surface area contributed by atoms with Crippen molar-refractivity contribution in [1.82, 2.24) is 9.55 Å². The van der Waals surface area contributed by atoms with Crippen molar-refractivity contribution >= 4 is 23.1 Å². The van der Waals surface area contributed by atoms with E-state index in [9.17, 15) is 28.4 Å². The second-order valence-electron chi connectivity index (χ2n) is 9.73. The van der Waals surface area contributed by atoms with E-state index in [1.54, 1.807) is 12.1 Å². The molecule has 9 nitrogen and oxygen atoms in total. The molecule has 1 atom stereocenters. The van der Waals surface area contributed by atoms with Crippen molar-refractivity contribution in [1.29, 1.82) is 0 Å². The van der Waals surface area contributed by atoms with Crippen LogP contribution in [0.4, 0.5) is 24.7 Å². The van der Waals surface area contributed by atoms with Gasteiger partial charge in [0.1, 0.15) is 24.3 Å². The molecule has 2 aromatic carbocycles. The third-order valence-electron chi connectivity index (χ3n) is 6.86. The van der Waals surface area contributed by atoms with Gasteiger partial charge in [0.05, 0.1) is 6.10 Å². The minimum atomic E-state index is -4.68. The van der Waals surface area contributed by atoms with E-state index >= 15 is 0 Å². The molecule has 1 fully saturated rings. The van der Waals surface area contributed by atoms with Crippen LogP contribution in [0.15, 0.2) is 54.7 Å². The van der Waals surface area contributed by atoms with Crippen LogP contribution in [0.2, 0.25) is 5.28 Å². The number of nitro groups is 1. The standard InChI is InChI=1S/C27H30ClF3N4O5/c28-26-32-25(35(37)38)17-34(26)16-13-22(36)18-39-23-9-5-21(6-10-23)33-14-11-20(12-15-33)2-1-19-3-7-24(8-4-19)40-27(29,30)31/h3-10,17,20,22,36H,1-2,11-16,18H2/t22-/m0/s1. The number of hydrogen-bond acceptors (Lipinski definition) is 7. The molecule has 1 aliphatic heterocycles. The third-order valence-corrected chi connectivity index (χ3v) is 7.16. The average molecular weight is 583 g/mol. The zero-order chi connectivity index (χ0) is 28.7. The number of alkyl halides is 3. The Balaban J connectivity index is 1.15. The number of anilines is 1. The molecule has 0 saturated carbocycles. The lowest BCUT2D eigenvalue weighted by Gasteiger charge is -2.33. The first-order valence-electron chi connectivity index (χ1n) is 12.9. The SMILES string of the molecule is O=[N+]([O-])c1cn(CC[C@H](O)COc2ccc(N3CCC(CCc4ccc(OC(F)(F)F)cc4)CC3)cc2)c(Cl)n1. The van der Waals surface area contributed by atoms with Gasteiger partial charge in [-0.3, -0.25) is 4.57 Å². The first-order valence-corrected chi connectivity index (χ1v) is 13.3. The topological polar surface area (TPSA) is 103 Å². The summed E-state index contributed by atoms with van der Waals surface area (Å²) in [4.78, 5) is 16.1. The van der Waals surface area contributed by atoms with Crippen molar-refractivity contribution in [2.24, 2.45) is 5.92 Å². The number of benzene rings is 2. The highest BCUT2D eigenvalue weighted by Crippen LogP contribution is 2.29. The lowest BCUT2D eigenvalue weighted by molar-refractivity contribution is -0.389. The highest BCUT2D eigenvalue weighted by molar-refractivity contribution is 6.28. The molecule has 0 unspecified atom stereocenters. The molecular formula is C27H30ClF3N4O5. The molecule has 2 heterocycles. The monoisotopic (exact) mass is 582 g/mol. The summed E-state index contributed by atoms with van der Waals surface area (Å²) in [5, 5.41) is 21.0. The summed E-state index contributed by atoms with van der Waals surface area (Å²) in [6.45, 7) is 2.16. The Morgan fingerprint density at radius 2 is 1.75 bits per heavy atom. The molecule has 13 heteroatoms. The third kappa shape index (κ3) is 8.75. The molecule has 40 heavy (non-hydrogen) atoms. The highest BCUT2D eigenvalue weighted by atomic mass is 35.5. The van der Waals surface area contributed by atoms with Crippen LogP contribution in [-0.2, 0) is 13.0 Å². The lowest BCUT2D eigenvalue weighted by atomic mass is 9.90. The van der Waals surface area contributed by atoms with E-state index in [0.29, 0.717) is 11.7 Å². The number of ether oxygens (including phenoxy) is 2. The van der Waals surface area contributed by atoms with Crippen LogP contribution in [-0.4, -0.2) is 51.7 Å². The number of hydrogen-bond donors (Lipinski definition) is 1. The smallest absolute Gasteiger partial charge is 0.491 e. The van der Waals surface area contributed by atoms with Gasteiger partial charge in [-0.1, -0.05) is 12.1 Å². The fourth-order valence-corrected chi connectivity index (χ4v) is 4.87. The van der Waals surface area contributed by atoms with Gasteiger partial charge in [0, 0.05) is 25.3 Å². The maximum atomic E-state index is 12.3. The molecule has 4 rings (SSSR count). The van der Waals surface area contributed by atoms with E-state index in [0.717, 1.165) is 50.0 Å². The number of imidazole rings is 1. The van der Waals surface area contributed by atoms with E-state index in [-0.39, 0.29) is 36.4 Å². The van der Waals surface area contributed by atoms with Crippen molar-refractivity contribution in [3.05, 3.63) is 75.7 Å². The number of rotatable bonds is 12. The summed E-state index contributed by atoms with van der Waals surface area (Å²) in [7, 11) is 0. The Morgan fingerprint density at radius 3 is 2.35 bits per heavy atom. The molecule has 0 spiro atoms. The van der Waals surface area contributed by atoms with Gasteiger partial charge < -0.3 is 29.6 Å². The molecule has 1 aliphatic rings. The number of aromatic nitrogens is 2. The minimum absolute atomic E-state index is 0.00686. The van der Waals surface area contributed by atoms with Crippen molar-refractivity contribution in [2.75, 3.05) is 24.6 Å². The van der Waals surface area contributed by atoms with Gasteiger partial charge in [-0.25, -0.2) is 0 Å². The van der Waals surface area contributed by atoms with E-state index in [2.05, 4.69) is 14.6 Å². The average Bonchev–Trinajstić information content (AvgIpc) is 3.31. The van der Waals surface area contributed by atoms with Gasteiger partial charge in [-0.2, -0.15) is 0 Å². The Bertz CT molecular complexity index is 1250. The van der Waals surface area contributed by atoms with Crippen LogP contribution >= 0.6 is 11.6 Å². The summed E-state index contributed by atoms with van der Waals surface area (Å²) < 4.78 is 48.0. The van der Waals surface area contributed by atoms with Gasteiger partial charge in [0.25, 0.3) is 0 Å². The molecule has 3 aromatic rings. The summed E-state index contributed by atoms with van der Waals surface area (Å²) >= 11 is 5.89. The first kappa shape index (κ1) is 29.5. The number of aliphatic hydroxyl groups is 1. The summed E-state index contributed by atoms with van der Waals surface area (Å²) in [5.41, 5.74) is 2.08. The van der Waals surface area contributed by atoms with Gasteiger partial charge in [-0.05, 0) is 101 Å². The van der Waals surface area contributed by atoms with Crippen molar-refractivity contribution in [3.8, 4) is 11.5 Å². The van der Waals surface area contributed by atoms with Crippen LogP contribution in [0.5, 0.6) is 11.5 Å². The molecule has 0 aliphatic carbocycles. The quantitative estimate of drug-likeness (QED) is 0.206. The molecule has 1 N–H and O–H groups in total. The molecule has 0 bridgehead atoms. The van der Waals surface area contributed by atoms with E-state index in [1.165, 1.54) is 22.9 Å². The van der Waals surface area contributed by atoms with E-state index in [1.807, 2.05) is 24.3 Å². The molecule has 0 amide bonds. The van der Waals surface area contributed by atoms with Gasteiger partial charge in [0.2, 0.25) is 0 Å². The van der Waals surface area contributed by atoms with Crippen molar-refractivity contribution in [2.45, 2.75) is 51.1 Å². The fraction of sp³-hybridized carbons (Fsp3) is 0.444. The minimum Gasteiger partial charge on any atom is -0.491 e. The normalized spacial score (nSPS) is 15.2. The molecular weight excluding hydrogens is 553 g/mol. The Labute approximate surface area is 234 Å². The Hall–Kier alpha value is -3.51. The summed E-state index contributed by atoms with van der Waals surface area (Å²) in [6.07, 6.45) is -0.0980. The summed E-state index contributed by atoms with van der Waals surface area (Å²) in [5.74, 6) is 0.630. The Kier molecular flexibility index (Phi) is 9.75. The summed E-state index contributed by atoms with van der Waals surface area (Å²) in [6, 6.07) is 13.8. The second-order valence-corrected chi connectivity index (χ2v) is 10.1. The van der Waals surface area contributed by atoms with Crippen LogP contribution < -0.4 is 14.4 Å². The number of aryl methyl sites for hydroxylation is 2. The number of aliphatic hydroxyl groups excluding tert-OH is 1. The van der Waals surface area contributed by atoms with Crippen LogP contribution in [0.1, 0.15) is 31.2 Å². The van der Waals surface area contributed by atoms with Crippen LogP contribution in [0.3, 0.4) is 0 Å². The molecule has 1 aromatic heterocycles. The second kappa shape index (κ2) is 13.2. The maximum absolute atomic E-state index is 12.3. The number of nitrogens with zero attached hydrogens (tertiary/aromatic N) is 4. The predicted octanol–water partition coefficient (Wildman–Crippen LogP) is 6.02. The maximum Gasteiger partial charge on any atom is 0.573 e. The molecule has 0 radical (unpaired) electrons. The van der Waals surface area contributed by atoms with Gasteiger partial charge in [0.15, 0.2) is 0 Å². The Morgan fingerprint density at radius 1 is 1.10 bits per heavy atom. The number of halogens is 4. The predicted molar refractivity (Wildman–Crippen MR) is 143 cm³/mol. The van der Waals surface area contributed by atoms with Crippen molar-refractivity contribution < 1.29 is 32.7 Å². The zero-order valence-electron chi connectivity index (χ0n) is 21.6. The molecule has 216 valence electrons. The van der Waals surface area contributed by atoms with Crippen molar-refractivity contribution in [3.63, 3.8) is 0 Å². The highest BCUT2D eigenvalue weighted by Gasteiger charge is 2.31. The zero-order valence-corrected chi connectivity index (χ0v) is 22.4. The molecule has 1 saturated heterocycles. The van der Waals surface area contributed by atoms with Gasteiger partial charge >= 0.3 is 17.5 Å². The van der Waals surface area contributed by atoms with Gasteiger partial charge in [-0.15, -0.1) is 13.2 Å². The van der Waals surface area contributed by atoms with E-state index < -0.39 is 17.4 Å². The van der Waals surface area contributed by atoms with Crippen LogP contribution in [0.25, 0.3) is 0 Å². The first-order chi connectivity index (χ1) is 19.1. The fourth-order valence-electron chi connectivity index (χ4n) is 4.65. The van der Waals surface area contributed by atoms with Crippen LogP contribution in [0, 0.1) is 16.0 Å². The largest absolute Gasteiger partial charge is 0.573 e. The lowest BCUT2D eigenvalue weighted by Crippen LogP contribution is -2.33. The van der Waals surface area contributed by atoms with E-state index in [4.69, 9.17) is 16.3 Å². The number of piperidine rings is 1.